The Bertz CT molecular complexity index is 638. The van der Waals surface area contributed by atoms with E-state index in [9.17, 15) is 4.79 Å². The van der Waals surface area contributed by atoms with Gasteiger partial charge in [-0.05, 0) is 48.4 Å². The highest BCUT2D eigenvalue weighted by molar-refractivity contribution is 9.10. The second kappa shape index (κ2) is 6.76. The van der Waals surface area contributed by atoms with Gasteiger partial charge in [-0.1, -0.05) is 28.1 Å². The molecule has 0 aromatic heterocycles. The second-order valence-electron chi connectivity index (χ2n) is 5.07. The minimum absolute atomic E-state index is 0.0312. The standard InChI is InChI=1S/C17H19BrN2O/c1-12-10-14(6-9-16(12)19-2)17(21)20(3)11-13-4-7-15(18)8-5-13/h4-10,19H,11H2,1-3H3. The number of hydrogen-bond acceptors (Lipinski definition) is 2. The summed E-state index contributed by atoms with van der Waals surface area (Å²) in [6.45, 7) is 2.59. The predicted molar refractivity (Wildman–Crippen MR) is 90.7 cm³/mol. The van der Waals surface area contributed by atoms with Crippen LogP contribution < -0.4 is 5.32 Å². The molecule has 0 bridgehead atoms. The molecule has 1 amide bonds. The third kappa shape index (κ3) is 3.85. The van der Waals surface area contributed by atoms with Crippen molar-refractivity contribution >= 4 is 27.5 Å². The molecule has 0 aliphatic rings. The van der Waals surface area contributed by atoms with Crippen molar-refractivity contribution in [2.75, 3.05) is 19.4 Å². The molecule has 21 heavy (non-hydrogen) atoms. The Labute approximate surface area is 134 Å². The molecule has 0 fully saturated rings. The van der Waals surface area contributed by atoms with Crippen molar-refractivity contribution in [3.63, 3.8) is 0 Å². The van der Waals surface area contributed by atoms with Crippen molar-refractivity contribution in [3.8, 4) is 0 Å². The van der Waals surface area contributed by atoms with E-state index in [1.807, 2.05) is 63.5 Å². The zero-order chi connectivity index (χ0) is 15.4. The van der Waals surface area contributed by atoms with Crippen LogP contribution in [0.4, 0.5) is 5.69 Å². The van der Waals surface area contributed by atoms with Gasteiger partial charge in [-0.15, -0.1) is 0 Å². The number of anilines is 1. The molecule has 2 aromatic carbocycles. The second-order valence-corrected chi connectivity index (χ2v) is 5.98. The average molecular weight is 347 g/mol. The van der Waals surface area contributed by atoms with Gasteiger partial charge in [0.15, 0.2) is 0 Å². The highest BCUT2D eigenvalue weighted by Gasteiger charge is 2.13. The third-order valence-electron chi connectivity index (χ3n) is 3.42. The SMILES string of the molecule is CNc1ccc(C(=O)N(C)Cc2ccc(Br)cc2)cc1C. The third-order valence-corrected chi connectivity index (χ3v) is 3.95. The number of aryl methyl sites for hydroxylation is 1. The van der Waals surface area contributed by atoms with E-state index in [4.69, 9.17) is 0 Å². The topological polar surface area (TPSA) is 32.3 Å². The summed E-state index contributed by atoms with van der Waals surface area (Å²) in [5.41, 5.74) is 3.94. The molecule has 0 heterocycles. The number of carbonyl (C=O) groups is 1. The van der Waals surface area contributed by atoms with Crippen LogP contribution in [0.15, 0.2) is 46.9 Å². The molecule has 4 heteroatoms. The average Bonchev–Trinajstić information content (AvgIpc) is 2.48. The molecule has 0 saturated heterocycles. The molecule has 0 radical (unpaired) electrons. The van der Waals surface area contributed by atoms with Gasteiger partial charge in [0.25, 0.3) is 5.91 Å². The van der Waals surface area contributed by atoms with Crippen LogP contribution in [0.5, 0.6) is 0 Å². The van der Waals surface area contributed by atoms with Gasteiger partial charge < -0.3 is 10.2 Å². The van der Waals surface area contributed by atoms with Crippen LogP contribution in [0.2, 0.25) is 0 Å². The van der Waals surface area contributed by atoms with Crippen LogP contribution in [0, 0.1) is 6.92 Å². The summed E-state index contributed by atoms with van der Waals surface area (Å²) in [6, 6.07) is 13.7. The Kier molecular flexibility index (Phi) is 5.02. The van der Waals surface area contributed by atoms with E-state index in [0.717, 1.165) is 21.3 Å². The van der Waals surface area contributed by atoms with Gasteiger partial charge in [0.1, 0.15) is 0 Å². The van der Waals surface area contributed by atoms with Crippen molar-refractivity contribution < 1.29 is 4.79 Å². The number of benzene rings is 2. The van der Waals surface area contributed by atoms with Crippen molar-refractivity contribution in [1.82, 2.24) is 4.90 Å². The van der Waals surface area contributed by atoms with E-state index < -0.39 is 0 Å². The summed E-state index contributed by atoms with van der Waals surface area (Å²) >= 11 is 3.41. The predicted octanol–water partition coefficient (Wildman–Crippen LogP) is 4.07. The monoisotopic (exact) mass is 346 g/mol. The summed E-state index contributed by atoms with van der Waals surface area (Å²) in [6.07, 6.45) is 0. The Morgan fingerprint density at radius 3 is 2.43 bits per heavy atom. The lowest BCUT2D eigenvalue weighted by molar-refractivity contribution is 0.0785. The van der Waals surface area contributed by atoms with Crippen LogP contribution in [0.1, 0.15) is 21.5 Å². The normalized spacial score (nSPS) is 10.3. The minimum atomic E-state index is 0.0312. The summed E-state index contributed by atoms with van der Waals surface area (Å²) in [7, 11) is 3.70. The molecule has 1 N–H and O–H groups in total. The minimum Gasteiger partial charge on any atom is -0.388 e. The lowest BCUT2D eigenvalue weighted by atomic mass is 10.1. The maximum Gasteiger partial charge on any atom is 0.253 e. The number of hydrogen-bond donors (Lipinski definition) is 1. The Balaban J connectivity index is 2.11. The molecule has 0 aliphatic heterocycles. The van der Waals surface area contributed by atoms with E-state index in [1.54, 1.807) is 4.90 Å². The molecule has 0 atom stereocenters. The van der Waals surface area contributed by atoms with Crippen molar-refractivity contribution in [1.29, 1.82) is 0 Å². The molecule has 110 valence electrons. The summed E-state index contributed by atoms with van der Waals surface area (Å²) in [4.78, 5) is 14.2. The summed E-state index contributed by atoms with van der Waals surface area (Å²) in [5.74, 6) is 0.0312. The molecule has 0 saturated carbocycles. The van der Waals surface area contributed by atoms with E-state index >= 15 is 0 Å². The van der Waals surface area contributed by atoms with Crippen molar-refractivity contribution in [3.05, 3.63) is 63.6 Å². The molecule has 0 aliphatic carbocycles. The smallest absolute Gasteiger partial charge is 0.253 e. The van der Waals surface area contributed by atoms with Gasteiger partial charge in [-0.3, -0.25) is 4.79 Å². The number of rotatable bonds is 4. The molecular formula is C17H19BrN2O. The zero-order valence-corrected chi connectivity index (χ0v) is 14.1. The fourth-order valence-corrected chi connectivity index (χ4v) is 2.50. The van der Waals surface area contributed by atoms with Gasteiger partial charge >= 0.3 is 0 Å². The Morgan fingerprint density at radius 2 is 1.86 bits per heavy atom. The molecular weight excluding hydrogens is 328 g/mol. The maximum atomic E-state index is 12.5. The first-order valence-electron chi connectivity index (χ1n) is 6.79. The van der Waals surface area contributed by atoms with Crippen molar-refractivity contribution in [2.45, 2.75) is 13.5 Å². The number of carbonyl (C=O) groups excluding carboxylic acids is 1. The fraction of sp³-hybridized carbons (Fsp3) is 0.235. The van der Waals surface area contributed by atoms with E-state index in [1.165, 1.54) is 0 Å². The highest BCUT2D eigenvalue weighted by atomic mass is 79.9. The highest BCUT2D eigenvalue weighted by Crippen LogP contribution is 2.18. The number of nitrogens with zero attached hydrogens (tertiary/aromatic N) is 1. The van der Waals surface area contributed by atoms with Gasteiger partial charge in [0.2, 0.25) is 0 Å². The Hall–Kier alpha value is -1.81. The van der Waals surface area contributed by atoms with E-state index in [-0.39, 0.29) is 5.91 Å². The summed E-state index contributed by atoms with van der Waals surface area (Å²) in [5, 5.41) is 3.11. The van der Waals surface area contributed by atoms with Crippen LogP contribution in [-0.4, -0.2) is 24.9 Å². The number of nitrogens with one attached hydrogen (secondary N) is 1. The maximum absolute atomic E-state index is 12.5. The van der Waals surface area contributed by atoms with Crippen molar-refractivity contribution in [2.24, 2.45) is 0 Å². The first-order valence-corrected chi connectivity index (χ1v) is 7.59. The Morgan fingerprint density at radius 1 is 1.19 bits per heavy atom. The van der Waals surface area contributed by atoms with Crippen LogP contribution in [-0.2, 0) is 6.54 Å². The van der Waals surface area contributed by atoms with Crippen LogP contribution in [0.3, 0.4) is 0 Å². The van der Waals surface area contributed by atoms with Crippen LogP contribution >= 0.6 is 15.9 Å². The van der Waals surface area contributed by atoms with Crippen LogP contribution in [0.25, 0.3) is 0 Å². The molecule has 0 unspecified atom stereocenters. The van der Waals surface area contributed by atoms with Gasteiger partial charge in [0.05, 0.1) is 0 Å². The first-order chi connectivity index (χ1) is 10.0. The largest absolute Gasteiger partial charge is 0.388 e. The molecule has 2 aromatic rings. The van der Waals surface area contributed by atoms with E-state index in [2.05, 4.69) is 21.2 Å². The van der Waals surface area contributed by atoms with Gasteiger partial charge in [-0.25, -0.2) is 0 Å². The number of halogens is 1. The van der Waals surface area contributed by atoms with Gasteiger partial charge in [0, 0.05) is 36.4 Å². The first kappa shape index (κ1) is 15.6. The summed E-state index contributed by atoms with van der Waals surface area (Å²) < 4.78 is 1.04. The lowest BCUT2D eigenvalue weighted by Gasteiger charge is -2.18. The lowest BCUT2D eigenvalue weighted by Crippen LogP contribution is -2.26. The van der Waals surface area contributed by atoms with Gasteiger partial charge in [-0.2, -0.15) is 0 Å². The zero-order valence-electron chi connectivity index (χ0n) is 12.5. The molecule has 2 rings (SSSR count). The molecule has 0 spiro atoms. The fourth-order valence-electron chi connectivity index (χ4n) is 2.23. The quantitative estimate of drug-likeness (QED) is 0.904. The molecule has 3 nitrogen and oxygen atoms in total. The number of amides is 1. The van der Waals surface area contributed by atoms with E-state index in [0.29, 0.717) is 12.1 Å².